The lowest BCUT2D eigenvalue weighted by molar-refractivity contribution is -0.118. The first kappa shape index (κ1) is 20.2. The van der Waals surface area contributed by atoms with E-state index in [0.717, 1.165) is 42.8 Å². The van der Waals surface area contributed by atoms with Crippen LogP contribution in [0.5, 0.6) is 5.75 Å². The molecule has 0 radical (unpaired) electrons. The van der Waals surface area contributed by atoms with Crippen LogP contribution in [0.2, 0.25) is 0 Å². The Morgan fingerprint density at radius 1 is 1.26 bits per heavy atom. The number of amides is 1. The second-order valence-corrected chi connectivity index (χ2v) is 9.75. The van der Waals surface area contributed by atoms with E-state index in [9.17, 15) is 4.79 Å². The number of rotatable bonds is 4. The molecule has 8 heteroatoms. The maximum Gasteiger partial charge on any atom is 0.243 e. The van der Waals surface area contributed by atoms with Gasteiger partial charge in [-0.15, -0.1) is 11.3 Å². The highest BCUT2D eigenvalue weighted by Crippen LogP contribution is 2.37. The molecule has 0 aliphatic carbocycles. The molecule has 31 heavy (non-hydrogen) atoms. The molecule has 2 unspecified atom stereocenters. The number of halogens is 1. The highest BCUT2D eigenvalue weighted by atomic mass is 79.9. The third-order valence-corrected chi connectivity index (χ3v) is 6.90. The maximum absolute atomic E-state index is 13.1. The van der Waals surface area contributed by atoms with Gasteiger partial charge in [-0.3, -0.25) is 10.1 Å². The number of ether oxygens (including phenoxy) is 1. The van der Waals surface area contributed by atoms with Crippen molar-refractivity contribution in [3.8, 4) is 5.75 Å². The zero-order valence-corrected chi connectivity index (χ0v) is 19.4. The van der Waals surface area contributed by atoms with E-state index in [1.807, 2.05) is 37.3 Å². The first-order chi connectivity index (χ1) is 15.0. The molecule has 3 N–H and O–H groups in total. The molecule has 0 fully saturated rings. The quantitative estimate of drug-likeness (QED) is 0.373. The minimum atomic E-state index is -0.387. The monoisotopic (exact) mass is 496 g/mol. The SMILES string of the molecule is COc1ccc(C2NC(C(=O)Nc3ncc(C)s3)Cc3c2[nH]c2ccc(Br)cc32)cc1. The van der Waals surface area contributed by atoms with E-state index in [-0.39, 0.29) is 18.0 Å². The smallest absolute Gasteiger partial charge is 0.243 e. The molecule has 2 atom stereocenters. The minimum absolute atomic E-state index is 0.0807. The van der Waals surface area contributed by atoms with Crippen molar-refractivity contribution in [3.05, 3.63) is 74.8 Å². The Bertz CT molecular complexity index is 1260. The molecule has 5 rings (SSSR count). The fourth-order valence-electron chi connectivity index (χ4n) is 4.09. The Labute approximate surface area is 192 Å². The van der Waals surface area contributed by atoms with Gasteiger partial charge >= 0.3 is 0 Å². The van der Waals surface area contributed by atoms with Crippen LogP contribution in [-0.2, 0) is 11.2 Å². The number of aromatic nitrogens is 2. The molecular weight excluding hydrogens is 476 g/mol. The van der Waals surface area contributed by atoms with Crippen molar-refractivity contribution in [3.63, 3.8) is 0 Å². The van der Waals surface area contributed by atoms with E-state index in [2.05, 4.69) is 48.7 Å². The fraction of sp³-hybridized carbons (Fsp3) is 0.217. The predicted molar refractivity (Wildman–Crippen MR) is 127 cm³/mol. The van der Waals surface area contributed by atoms with Crippen LogP contribution in [0.25, 0.3) is 10.9 Å². The van der Waals surface area contributed by atoms with Gasteiger partial charge in [-0.1, -0.05) is 28.1 Å². The molecule has 158 valence electrons. The van der Waals surface area contributed by atoms with Gasteiger partial charge in [-0.05, 0) is 54.8 Å². The molecule has 0 saturated heterocycles. The Balaban J connectivity index is 1.55. The summed E-state index contributed by atoms with van der Waals surface area (Å²) in [6, 6.07) is 13.6. The molecule has 1 aliphatic rings. The predicted octanol–water partition coefficient (Wildman–Crippen LogP) is 4.95. The number of thiazole rings is 1. The number of anilines is 1. The van der Waals surface area contributed by atoms with E-state index in [0.29, 0.717) is 11.6 Å². The number of hydrogen-bond acceptors (Lipinski definition) is 5. The average molecular weight is 497 g/mol. The van der Waals surface area contributed by atoms with Gasteiger partial charge in [0.25, 0.3) is 0 Å². The minimum Gasteiger partial charge on any atom is -0.497 e. The molecule has 2 aromatic heterocycles. The van der Waals surface area contributed by atoms with Crippen LogP contribution in [-0.4, -0.2) is 29.0 Å². The second kappa shape index (κ2) is 8.11. The lowest BCUT2D eigenvalue weighted by Crippen LogP contribution is -2.47. The third kappa shape index (κ3) is 3.86. The van der Waals surface area contributed by atoms with Gasteiger partial charge < -0.3 is 15.0 Å². The highest BCUT2D eigenvalue weighted by Gasteiger charge is 2.34. The van der Waals surface area contributed by atoms with Gasteiger partial charge in [0.15, 0.2) is 5.13 Å². The van der Waals surface area contributed by atoms with Crippen LogP contribution >= 0.6 is 27.3 Å². The molecule has 0 saturated carbocycles. The summed E-state index contributed by atoms with van der Waals surface area (Å²) in [5.41, 5.74) is 4.37. The van der Waals surface area contributed by atoms with E-state index in [1.54, 1.807) is 13.3 Å². The molecule has 0 bridgehead atoms. The van der Waals surface area contributed by atoms with Crippen LogP contribution in [0.1, 0.15) is 27.7 Å². The fourth-order valence-corrected chi connectivity index (χ4v) is 5.12. The van der Waals surface area contributed by atoms with Crippen LogP contribution in [0.3, 0.4) is 0 Å². The van der Waals surface area contributed by atoms with E-state index >= 15 is 0 Å². The van der Waals surface area contributed by atoms with E-state index in [1.165, 1.54) is 11.3 Å². The van der Waals surface area contributed by atoms with Gasteiger partial charge in [0.05, 0.1) is 19.2 Å². The van der Waals surface area contributed by atoms with Gasteiger partial charge in [-0.2, -0.15) is 0 Å². The zero-order chi connectivity index (χ0) is 21.5. The summed E-state index contributed by atoms with van der Waals surface area (Å²) in [4.78, 5) is 22.1. The number of aromatic amines is 1. The topological polar surface area (TPSA) is 79.0 Å². The Hall–Kier alpha value is -2.68. The molecule has 1 aliphatic heterocycles. The molecule has 1 amide bonds. The van der Waals surface area contributed by atoms with Crippen LogP contribution in [0.4, 0.5) is 5.13 Å². The number of aryl methyl sites for hydroxylation is 1. The number of carbonyl (C=O) groups excluding carboxylic acids is 1. The summed E-state index contributed by atoms with van der Waals surface area (Å²) in [7, 11) is 1.65. The van der Waals surface area contributed by atoms with Crippen LogP contribution in [0.15, 0.2) is 53.1 Å². The van der Waals surface area contributed by atoms with Crippen molar-refractivity contribution in [2.45, 2.75) is 25.4 Å². The first-order valence-corrected chi connectivity index (χ1v) is 11.6. The third-order valence-electron chi connectivity index (χ3n) is 5.58. The number of methoxy groups -OCH3 is 1. The molecule has 4 aromatic rings. The van der Waals surface area contributed by atoms with Gasteiger partial charge in [0.2, 0.25) is 5.91 Å². The number of benzene rings is 2. The lowest BCUT2D eigenvalue weighted by atomic mass is 9.90. The summed E-state index contributed by atoms with van der Waals surface area (Å²) < 4.78 is 6.33. The van der Waals surface area contributed by atoms with Crippen LogP contribution in [0, 0.1) is 6.92 Å². The normalized spacial score (nSPS) is 18.0. The molecule has 6 nitrogen and oxygen atoms in total. The molecule has 0 spiro atoms. The van der Waals surface area contributed by atoms with Crippen LogP contribution < -0.4 is 15.4 Å². The largest absolute Gasteiger partial charge is 0.497 e. The molecular formula is C23H21BrN4O2S. The lowest BCUT2D eigenvalue weighted by Gasteiger charge is -2.31. The van der Waals surface area contributed by atoms with E-state index in [4.69, 9.17) is 4.74 Å². The summed E-state index contributed by atoms with van der Waals surface area (Å²) in [6.45, 7) is 1.97. The van der Waals surface area contributed by atoms with Crippen molar-refractivity contribution in [2.75, 3.05) is 12.4 Å². The van der Waals surface area contributed by atoms with Gasteiger partial charge in [0, 0.05) is 32.1 Å². The van der Waals surface area contributed by atoms with Crippen molar-refractivity contribution < 1.29 is 9.53 Å². The van der Waals surface area contributed by atoms with Crippen molar-refractivity contribution in [1.82, 2.24) is 15.3 Å². The van der Waals surface area contributed by atoms with Crippen molar-refractivity contribution >= 4 is 49.2 Å². The molecule has 2 aromatic carbocycles. The van der Waals surface area contributed by atoms with Crippen molar-refractivity contribution in [2.24, 2.45) is 0 Å². The maximum atomic E-state index is 13.1. The summed E-state index contributed by atoms with van der Waals surface area (Å²) in [6.07, 6.45) is 2.36. The number of carbonyl (C=O) groups is 1. The Morgan fingerprint density at radius 3 is 2.77 bits per heavy atom. The number of H-pyrrole nitrogens is 1. The number of fused-ring (bicyclic) bond motifs is 3. The van der Waals surface area contributed by atoms with Gasteiger partial charge in [0.1, 0.15) is 5.75 Å². The summed E-state index contributed by atoms with van der Waals surface area (Å²) in [5.74, 6) is 0.719. The van der Waals surface area contributed by atoms with Gasteiger partial charge in [-0.25, -0.2) is 4.98 Å². The second-order valence-electron chi connectivity index (χ2n) is 7.60. The first-order valence-electron chi connectivity index (χ1n) is 9.95. The Morgan fingerprint density at radius 2 is 2.06 bits per heavy atom. The molecule has 3 heterocycles. The zero-order valence-electron chi connectivity index (χ0n) is 17.0. The van der Waals surface area contributed by atoms with Crippen molar-refractivity contribution in [1.29, 1.82) is 0 Å². The summed E-state index contributed by atoms with van der Waals surface area (Å²) >= 11 is 5.06. The standard InChI is InChI=1S/C23H21BrN4O2S/c1-12-11-25-23(31-12)28-22(29)19-10-17-16-9-14(24)5-8-18(16)26-21(17)20(27-19)13-3-6-15(30-2)7-4-13/h3-9,11,19-20,26-27H,10H2,1-2H3,(H,25,28,29). The number of nitrogens with zero attached hydrogens (tertiary/aromatic N) is 1. The average Bonchev–Trinajstić information content (AvgIpc) is 3.35. The highest BCUT2D eigenvalue weighted by molar-refractivity contribution is 9.10. The van der Waals surface area contributed by atoms with E-state index < -0.39 is 0 Å². The number of nitrogens with one attached hydrogen (secondary N) is 3. The number of hydrogen-bond donors (Lipinski definition) is 3. The summed E-state index contributed by atoms with van der Waals surface area (Å²) in [5, 5.41) is 8.27. The Kier molecular flexibility index (Phi) is 5.29.